The molecule has 0 fully saturated rings. The van der Waals surface area contributed by atoms with Gasteiger partial charge in [0.15, 0.2) is 0 Å². The quantitative estimate of drug-likeness (QED) is 0.589. The zero-order valence-electron chi connectivity index (χ0n) is 13.3. The second kappa shape index (κ2) is 5.47. The Hall–Kier alpha value is -2.10. The first-order valence-electron chi connectivity index (χ1n) is 7.65. The highest BCUT2D eigenvalue weighted by molar-refractivity contribution is 6.31. The molecular formula is C19H15Cl2N3. The van der Waals surface area contributed by atoms with E-state index < -0.39 is 0 Å². The summed E-state index contributed by atoms with van der Waals surface area (Å²) in [6, 6.07) is 13.4. The van der Waals surface area contributed by atoms with Crippen molar-refractivity contribution in [2.24, 2.45) is 4.99 Å². The maximum absolute atomic E-state index is 6.16. The number of rotatable bonds is 2. The molecule has 24 heavy (non-hydrogen) atoms. The average molecular weight is 356 g/mol. The lowest BCUT2D eigenvalue weighted by Gasteiger charge is -2.21. The Bertz CT molecular complexity index is 953. The Balaban J connectivity index is 1.74. The Morgan fingerprint density at radius 2 is 1.67 bits per heavy atom. The van der Waals surface area contributed by atoms with E-state index in [1.165, 1.54) is 0 Å². The number of hydrogen-bond donors (Lipinski definition) is 0. The molecule has 1 aliphatic rings. The molecule has 3 aromatic rings. The first kappa shape index (κ1) is 15.4. The van der Waals surface area contributed by atoms with E-state index in [1.807, 2.05) is 59.5 Å². The summed E-state index contributed by atoms with van der Waals surface area (Å²) >= 11 is 12.1. The molecule has 4 rings (SSSR count). The summed E-state index contributed by atoms with van der Waals surface area (Å²) in [5.41, 5.74) is 4.86. The number of aliphatic imine (C=N–C) groups is 1. The van der Waals surface area contributed by atoms with Gasteiger partial charge in [-0.2, -0.15) is 5.10 Å². The molecule has 2 aromatic carbocycles. The summed E-state index contributed by atoms with van der Waals surface area (Å²) in [4.78, 5) is 4.82. The van der Waals surface area contributed by atoms with E-state index in [1.54, 1.807) is 0 Å². The Morgan fingerprint density at radius 3 is 2.42 bits per heavy atom. The summed E-state index contributed by atoms with van der Waals surface area (Å²) in [6.45, 7) is 4.32. The van der Waals surface area contributed by atoms with Crippen LogP contribution in [0.2, 0.25) is 10.0 Å². The molecule has 0 N–H and O–H groups in total. The standard InChI is InChI=1S/C19H15Cl2N3/c1-19(2)16-9-14(21)5-8-17(16)23-18(19)12-10-22-24(11-12)15-6-3-13(20)4-7-15/h3-11H,1-2H3. The molecule has 1 aromatic heterocycles. The topological polar surface area (TPSA) is 30.2 Å². The zero-order chi connectivity index (χ0) is 16.9. The van der Waals surface area contributed by atoms with Gasteiger partial charge in [-0.1, -0.05) is 37.0 Å². The average Bonchev–Trinajstić information content (AvgIpc) is 3.12. The second-order valence-electron chi connectivity index (χ2n) is 6.40. The minimum Gasteiger partial charge on any atom is -0.251 e. The van der Waals surface area contributed by atoms with Crippen molar-refractivity contribution in [3.8, 4) is 5.69 Å². The van der Waals surface area contributed by atoms with Crippen LogP contribution in [0.3, 0.4) is 0 Å². The number of halogens is 2. The van der Waals surface area contributed by atoms with E-state index in [4.69, 9.17) is 28.2 Å². The van der Waals surface area contributed by atoms with Crippen molar-refractivity contribution in [3.63, 3.8) is 0 Å². The molecule has 120 valence electrons. The highest BCUT2D eigenvalue weighted by Crippen LogP contribution is 2.43. The summed E-state index contributed by atoms with van der Waals surface area (Å²) in [6.07, 6.45) is 3.85. The van der Waals surface area contributed by atoms with E-state index in [0.717, 1.165) is 33.2 Å². The molecule has 0 saturated carbocycles. The van der Waals surface area contributed by atoms with E-state index in [9.17, 15) is 0 Å². The third kappa shape index (κ3) is 2.45. The van der Waals surface area contributed by atoms with Gasteiger partial charge in [-0.15, -0.1) is 0 Å². The molecule has 5 heteroatoms. The normalized spacial score (nSPS) is 15.2. The van der Waals surface area contributed by atoms with Crippen molar-refractivity contribution < 1.29 is 0 Å². The van der Waals surface area contributed by atoms with Gasteiger partial charge in [0.2, 0.25) is 0 Å². The lowest BCUT2D eigenvalue weighted by atomic mass is 9.80. The van der Waals surface area contributed by atoms with E-state index in [2.05, 4.69) is 18.9 Å². The van der Waals surface area contributed by atoms with Crippen molar-refractivity contribution >= 4 is 34.6 Å². The van der Waals surface area contributed by atoms with Gasteiger partial charge in [-0.3, -0.25) is 4.99 Å². The Morgan fingerprint density at radius 1 is 0.958 bits per heavy atom. The highest BCUT2D eigenvalue weighted by Gasteiger charge is 2.36. The third-order valence-electron chi connectivity index (χ3n) is 4.40. The largest absolute Gasteiger partial charge is 0.251 e. The van der Waals surface area contributed by atoms with Gasteiger partial charge >= 0.3 is 0 Å². The summed E-state index contributed by atoms with van der Waals surface area (Å²) in [5, 5.41) is 5.91. The zero-order valence-corrected chi connectivity index (χ0v) is 14.8. The fraction of sp³-hybridized carbons (Fsp3) is 0.158. The first-order chi connectivity index (χ1) is 11.4. The predicted molar refractivity (Wildman–Crippen MR) is 99.2 cm³/mol. The molecule has 0 spiro atoms. The van der Waals surface area contributed by atoms with Crippen LogP contribution in [0.4, 0.5) is 5.69 Å². The fourth-order valence-electron chi connectivity index (χ4n) is 3.10. The Kier molecular flexibility index (Phi) is 3.52. The maximum Gasteiger partial charge on any atom is 0.0676 e. The molecular weight excluding hydrogens is 341 g/mol. The van der Waals surface area contributed by atoms with Crippen LogP contribution in [-0.4, -0.2) is 15.5 Å². The molecule has 0 unspecified atom stereocenters. The molecule has 3 nitrogen and oxygen atoms in total. The number of nitrogens with zero attached hydrogens (tertiary/aromatic N) is 3. The summed E-state index contributed by atoms with van der Waals surface area (Å²) in [7, 11) is 0. The number of hydrogen-bond acceptors (Lipinski definition) is 2. The summed E-state index contributed by atoms with van der Waals surface area (Å²) in [5.74, 6) is 0. The lowest BCUT2D eigenvalue weighted by molar-refractivity contribution is 0.737. The molecule has 1 aliphatic heterocycles. The van der Waals surface area contributed by atoms with Crippen LogP contribution in [0.25, 0.3) is 5.69 Å². The molecule has 0 saturated heterocycles. The monoisotopic (exact) mass is 355 g/mol. The van der Waals surface area contributed by atoms with Crippen LogP contribution in [0, 0.1) is 0 Å². The van der Waals surface area contributed by atoms with E-state index in [0.29, 0.717) is 5.02 Å². The van der Waals surface area contributed by atoms with E-state index in [-0.39, 0.29) is 5.41 Å². The van der Waals surface area contributed by atoms with Gasteiger partial charge < -0.3 is 0 Å². The lowest BCUT2D eigenvalue weighted by Crippen LogP contribution is -2.26. The van der Waals surface area contributed by atoms with Crippen molar-refractivity contribution in [3.05, 3.63) is 76.0 Å². The van der Waals surface area contributed by atoms with E-state index >= 15 is 0 Å². The van der Waals surface area contributed by atoms with Gasteiger partial charge in [0.1, 0.15) is 0 Å². The molecule has 0 bridgehead atoms. The second-order valence-corrected chi connectivity index (χ2v) is 7.27. The van der Waals surface area contributed by atoms with Crippen LogP contribution in [0.1, 0.15) is 25.0 Å². The first-order valence-corrected chi connectivity index (χ1v) is 8.41. The molecule has 0 amide bonds. The molecule has 0 radical (unpaired) electrons. The molecule has 0 aliphatic carbocycles. The van der Waals surface area contributed by atoms with Crippen LogP contribution in [0.5, 0.6) is 0 Å². The maximum atomic E-state index is 6.16. The fourth-order valence-corrected chi connectivity index (χ4v) is 3.40. The highest BCUT2D eigenvalue weighted by atomic mass is 35.5. The minimum atomic E-state index is -0.214. The minimum absolute atomic E-state index is 0.214. The number of fused-ring (bicyclic) bond motifs is 1. The number of aromatic nitrogens is 2. The Labute approximate surface area is 150 Å². The van der Waals surface area contributed by atoms with Crippen molar-refractivity contribution in [2.75, 3.05) is 0 Å². The van der Waals surface area contributed by atoms with Crippen molar-refractivity contribution in [1.29, 1.82) is 0 Å². The number of benzene rings is 2. The van der Waals surface area contributed by atoms with Gasteiger partial charge in [-0.25, -0.2) is 4.68 Å². The van der Waals surface area contributed by atoms with Gasteiger partial charge in [0, 0.05) is 27.2 Å². The van der Waals surface area contributed by atoms with Crippen LogP contribution in [0.15, 0.2) is 59.9 Å². The van der Waals surface area contributed by atoms with Crippen LogP contribution in [-0.2, 0) is 5.41 Å². The van der Waals surface area contributed by atoms with Gasteiger partial charge in [0.25, 0.3) is 0 Å². The smallest absolute Gasteiger partial charge is 0.0676 e. The molecule has 2 heterocycles. The van der Waals surface area contributed by atoms with Gasteiger partial charge in [-0.05, 0) is 48.0 Å². The molecule has 0 atom stereocenters. The predicted octanol–water partition coefficient (Wildman–Crippen LogP) is 5.59. The van der Waals surface area contributed by atoms with Crippen LogP contribution >= 0.6 is 23.2 Å². The van der Waals surface area contributed by atoms with Crippen molar-refractivity contribution in [2.45, 2.75) is 19.3 Å². The van der Waals surface area contributed by atoms with Gasteiger partial charge in [0.05, 0.1) is 23.3 Å². The third-order valence-corrected chi connectivity index (χ3v) is 4.89. The SMILES string of the molecule is CC1(C)C(c2cnn(-c3ccc(Cl)cc3)c2)=Nc2ccc(Cl)cc21. The van der Waals surface area contributed by atoms with Crippen LogP contribution < -0.4 is 0 Å². The van der Waals surface area contributed by atoms with Crippen molar-refractivity contribution in [1.82, 2.24) is 9.78 Å². The summed E-state index contributed by atoms with van der Waals surface area (Å²) < 4.78 is 1.83.